The van der Waals surface area contributed by atoms with Gasteiger partial charge in [-0.05, 0) is 35.4 Å². The Kier molecular flexibility index (Phi) is 5.35. The summed E-state index contributed by atoms with van der Waals surface area (Å²) in [6.07, 6.45) is 3.10. The van der Waals surface area contributed by atoms with Gasteiger partial charge in [0.05, 0.1) is 9.79 Å². The van der Waals surface area contributed by atoms with Gasteiger partial charge in [-0.2, -0.15) is 12.7 Å². The molecule has 24 heavy (non-hydrogen) atoms. The van der Waals surface area contributed by atoms with Crippen molar-refractivity contribution in [3.8, 4) is 0 Å². The molecule has 0 aliphatic heterocycles. The van der Waals surface area contributed by atoms with Crippen LogP contribution in [0.2, 0.25) is 0 Å². The first-order valence-corrected chi connectivity index (χ1v) is 9.58. The summed E-state index contributed by atoms with van der Waals surface area (Å²) in [7, 11) is -8.42. The Bertz CT molecular complexity index is 863. The SMILES string of the molecule is C=Cc1ccc(S(=O)(=O)NOS(=O)(=O)c2ccc(C=C)cc2)cc1. The van der Waals surface area contributed by atoms with Gasteiger partial charge in [-0.15, -0.1) is 0 Å². The molecule has 0 saturated carbocycles. The van der Waals surface area contributed by atoms with Gasteiger partial charge in [-0.1, -0.05) is 54.5 Å². The summed E-state index contributed by atoms with van der Waals surface area (Å²) in [5, 5.41) is 0. The van der Waals surface area contributed by atoms with E-state index in [-0.39, 0.29) is 9.79 Å². The standard InChI is InChI=1S/C16H15NO5S2/c1-3-13-5-9-15(10-6-13)23(18,19)17-22-24(20,21)16-11-7-14(4-2)8-12-16/h3-12,17H,1-2H2. The molecule has 0 fully saturated rings. The predicted molar refractivity (Wildman–Crippen MR) is 91.7 cm³/mol. The first-order valence-electron chi connectivity index (χ1n) is 6.69. The minimum absolute atomic E-state index is 0.134. The summed E-state index contributed by atoms with van der Waals surface area (Å²) in [5.74, 6) is 0. The second kappa shape index (κ2) is 7.10. The average molecular weight is 365 g/mol. The zero-order chi connectivity index (χ0) is 17.8. The van der Waals surface area contributed by atoms with E-state index < -0.39 is 20.1 Å². The summed E-state index contributed by atoms with van der Waals surface area (Å²) in [6, 6.07) is 11.3. The van der Waals surface area contributed by atoms with Gasteiger partial charge < -0.3 is 0 Å². The van der Waals surface area contributed by atoms with E-state index in [1.807, 2.05) is 0 Å². The van der Waals surface area contributed by atoms with Crippen LogP contribution in [0.1, 0.15) is 11.1 Å². The molecule has 0 radical (unpaired) electrons. The maximum atomic E-state index is 12.1. The first kappa shape index (κ1) is 18.1. The molecule has 0 saturated heterocycles. The fourth-order valence-corrected chi connectivity index (χ4v) is 3.61. The van der Waals surface area contributed by atoms with Crippen LogP contribution in [0.25, 0.3) is 12.2 Å². The van der Waals surface area contributed by atoms with Crippen LogP contribution in [-0.4, -0.2) is 16.8 Å². The average Bonchev–Trinajstić information content (AvgIpc) is 2.60. The molecule has 0 aromatic heterocycles. The molecule has 8 heteroatoms. The van der Waals surface area contributed by atoms with Gasteiger partial charge in [0, 0.05) is 0 Å². The fourth-order valence-electron chi connectivity index (χ4n) is 1.74. The van der Waals surface area contributed by atoms with Crippen molar-refractivity contribution >= 4 is 32.3 Å². The molecule has 2 rings (SSSR count). The molecule has 2 aromatic carbocycles. The fraction of sp³-hybridized carbons (Fsp3) is 0. The monoisotopic (exact) mass is 365 g/mol. The molecule has 0 spiro atoms. The number of nitrogens with one attached hydrogen (secondary N) is 1. The highest BCUT2D eigenvalue weighted by Gasteiger charge is 2.21. The Hall–Kier alpha value is -2.26. The molecule has 6 nitrogen and oxygen atoms in total. The summed E-state index contributed by atoms with van der Waals surface area (Å²) < 4.78 is 52.6. The molecular weight excluding hydrogens is 350 g/mol. The Morgan fingerprint density at radius 2 is 1.17 bits per heavy atom. The Morgan fingerprint density at radius 3 is 1.58 bits per heavy atom. The third-order valence-corrected chi connectivity index (χ3v) is 5.54. The lowest BCUT2D eigenvalue weighted by molar-refractivity contribution is 0.273. The van der Waals surface area contributed by atoms with E-state index in [2.05, 4.69) is 17.4 Å². The smallest absolute Gasteiger partial charge is 0.205 e. The molecule has 2 aromatic rings. The normalized spacial score (nSPS) is 11.8. The number of hydrogen-bond donors (Lipinski definition) is 1. The number of sulfonamides is 1. The van der Waals surface area contributed by atoms with Crippen LogP contribution in [0.5, 0.6) is 0 Å². The number of benzene rings is 2. The van der Waals surface area contributed by atoms with Gasteiger partial charge >= 0.3 is 10.1 Å². The summed E-state index contributed by atoms with van der Waals surface area (Å²) in [4.78, 5) is 1.30. The van der Waals surface area contributed by atoms with Crippen LogP contribution in [0.15, 0.2) is 71.5 Å². The molecule has 0 heterocycles. The van der Waals surface area contributed by atoms with Crippen molar-refractivity contribution < 1.29 is 21.1 Å². The second-order valence-electron chi connectivity index (χ2n) is 4.67. The van der Waals surface area contributed by atoms with E-state index in [9.17, 15) is 16.8 Å². The van der Waals surface area contributed by atoms with Gasteiger partial charge in [-0.25, -0.2) is 8.42 Å². The molecular formula is C16H15NO5S2. The van der Waals surface area contributed by atoms with E-state index in [1.165, 1.54) is 48.5 Å². The first-order chi connectivity index (χ1) is 11.3. The third-order valence-electron chi connectivity index (χ3n) is 3.08. The van der Waals surface area contributed by atoms with Gasteiger partial charge in [0.25, 0.3) is 10.0 Å². The largest absolute Gasteiger partial charge is 0.313 e. The summed E-state index contributed by atoms with van der Waals surface area (Å²) >= 11 is 0. The number of hydrogen-bond acceptors (Lipinski definition) is 5. The van der Waals surface area contributed by atoms with E-state index in [4.69, 9.17) is 0 Å². The molecule has 0 aliphatic carbocycles. The summed E-state index contributed by atoms with van der Waals surface area (Å²) in [5.41, 5.74) is 1.45. The molecule has 0 atom stereocenters. The highest BCUT2D eigenvalue weighted by Crippen LogP contribution is 2.15. The zero-order valence-electron chi connectivity index (χ0n) is 12.5. The van der Waals surface area contributed by atoms with E-state index >= 15 is 0 Å². The van der Waals surface area contributed by atoms with Crippen molar-refractivity contribution in [2.75, 3.05) is 0 Å². The van der Waals surface area contributed by atoms with Gasteiger partial charge in [0.2, 0.25) is 0 Å². The molecule has 1 N–H and O–H groups in total. The van der Waals surface area contributed by atoms with Crippen molar-refractivity contribution in [3.63, 3.8) is 0 Å². The van der Waals surface area contributed by atoms with Crippen LogP contribution in [-0.2, 0) is 24.4 Å². The Morgan fingerprint density at radius 1 is 0.750 bits per heavy atom. The highest BCUT2D eigenvalue weighted by molar-refractivity contribution is 7.91. The van der Waals surface area contributed by atoms with Crippen LogP contribution >= 0.6 is 0 Å². The highest BCUT2D eigenvalue weighted by atomic mass is 32.2. The second-order valence-corrected chi connectivity index (χ2v) is 7.86. The maximum Gasteiger partial charge on any atom is 0.313 e. The van der Waals surface area contributed by atoms with Crippen LogP contribution in [0, 0.1) is 0 Å². The van der Waals surface area contributed by atoms with Crippen molar-refractivity contribution in [1.29, 1.82) is 0 Å². The molecule has 0 bridgehead atoms. The van der Waals surface area contributed by atoms with Crippen LogP contribution < -0.4 is 4.89 Å². The minimum Gasteiger partial charge on any atom is -0.205 e. The van der Waals surface area contributed by atoms with Crippen LogP contribution in [0.4, 0.5) is 0 Å². The van der Waals surface area contributed by atoms with Gasteiger partial charge in [0.15, 0.2) is 0 Å². The van der Waals surface area contributed by atoms with Crippen molar-refractivity contribution in [1.82, 2.24) is 4.89 Å². The predicted octanol–water partition coefficient (Wildman–Crippen LogP) is 2.57. The lowest BCUT2D eigenvalue weighted by Gasteiger charge is -2.08. The maximum absolute atomic E-state index is 12.1. The third kappa shape index (κ3) is 4.18. The van der Waals surface area contributed by atoms with Crippen LogP contribution in [0.3, 0.4) is 0 Å². The molecule has 0 unspecified atom stereocenters. The number of rotatable bonds is 7. The minimum atomic E-state index is -4.28. The quantitative estimate of drug-likeness (QED) is 0.762. The lowest BCUT2D eigenvalue weighted by Crippen LogP contribution is -2.27. The summed E-state index contributed by atoms with van der Waals surface area (Å²) in [6.45, 7) is 7.12. The Balaban J connectivity index is 2.17. The van der Waals surface area contributed by atoms with Gasteiger partial charge in [-0.3, -0.25) is 0 Å². The van der Waals surface area contributed by atoms with Crippen molar-refractivity contribution in [2.45, 2.75) is 9.79 Å². The molecule has 0 aliphatic rings. The van der Waals surface area contributed by atoms with E-state index in [0.717, 1.165) is 11.1 Å². The van der Waals surface area contributed by atoms with Crippen molar-refractivity contribution in [3.05, 3.63) is 72.8 Å². The topological polar surface area (TPSA) is 89.5 Å². The van der Waals surface area contributed by atoms with Gasteiger partial charge in [0.1, 0.15) is 0 Å². The lowest BCUT2D eigenvalue weighted by atomic mass is 10.2. The van der Waals surface area contributed by atoms with E-state index in [1.54, 1.807) is 17.0 Å². The Labute approximate surface area is 141 Å². The molecule has 0 amide bonds. The van der Waals surface area contributed by atoms with Crippen molar-refractivity contribution in [2.24, 2.45) is 0 Å². The molecule has 126 valence electrons. The zero-order valence-corrected chi connectivity index (χ0v) is 14.2. The van der Waals surface area contributed by atoms with E-state index in [0.29, 0.717) is 0 Å².